The number of hydrogen-bond donors (Lipinski definition) is 2. The molecule has 2 saturated heterocycles. The Kier molecular flexibility index (Phi) is 6.26. The number of rotatable bonds is 6. The fourth-order valence-electron chi connectivity index (χ4n) is 4.58. The van der Waals surface area contributed by atoms with Gasteiger partial charge in [-0.25, -0.2) is 8.78 Å². The number of pyridine rings is 1. The van der Waals surface area contributed by atoms with Crippen molar-refractivity contribution < 1.29 is 37.6 Å². The van der Waals surface area contributed by atoms with Crippen molar-refractivity contribution in [1.82, 2.24) is 15.0 Å². The van der Waals surface area contributed by atoms with Crippen molar-refractivity contribution in [3.05, 3.63) is 52.1 Å². The molecular weight excluding hydrogens is 500 g/mol. The van der Waals surface area contributed by atoms with Crippen LogP contribution < -0.4 is 9.47 Å². The third kappa shape index (κ3) is 4.41. The molecular formula is C24H22ClF2N3O6. The summed E-state index contributed by atoms with van der Waals surface area (Å²) in [5.74, 6) is -1.47. The van der Waals surface area contributed by atoms with Gasteiger partial charge in [-0.3, -0.25) is 0 Å². The lowest BCUT2D eigenvalue weighted by molar-refractivity contribution is 0.00706. The summed E-state index contributed by atoms with van der Waals surface area (Å²) < 4.78 is 57.3. The molecule has 0 bridgehead atoms. The number of benzene rings is 1. The second-order valence-electron chi connectivity index (χ2n) is 8.77. The third-order valence-electron chi connectivity index (χ3n) is 6.45. The van der Waals surface area contributed by atoms with Crippen LogP contribution in [0, 0.1) is 11.6 Å². The van der Waals surface area contributed by atoms with E-state index < -0.39 is 42.7 Å². The highest BCUT2D eigenvalue weighted by atomic mass is 35.5. The van der Waals surface area contributed by atoms with E-state index in [0.29, 0.717) is 30.7 Å². The first-order valence-corrected chi connectivity index (χ1v) is 11.9. The molecule has 190 valence electrons. The summed E-state index contributed by atoms with van der Waals surface area (Å²) in [7, 11) is 0. The van der Waals surface area contributed by atoms with E-state index in [0.717, 1.165) is 5.57 Å². The van der Waals surface area contributed by atoms with Gasteiger partial charge in [-0.15, -0.1) is 0 Å². The molecule has 5 heterocycles. The minimum Gasteiger partial charge on any atom is -0.471 e. The molecule has 3 aliphatic rings. The van der Waals surface area contributed by atoms with Gasteiger partial charge in [0.05, 0.1) is 37.5 Å². The Hall–Kier alpha value is -2.83. The van der Waals surface area contributed by atoms with Crippen LogP contribution in [-0.4, -0.2) is 70.9 Å². The Morgan fingerprint density at radius 1 is 1.11 bits per heavy atom. The van der Waals surface area contributed by atoms with Crippen molar-refractivity contribution in [3.63, 3.8) is 0 Å². The smallest absolute Gasteiger partial charge is 0.296 e. The average molecular weight is 522 g/mol. The molecule has 3 aromatic rings. The lowest BCUT2D eigenvalue weighted by Crippen LogP contribution is -2.34. The number of aliphatic hydroxyl groups is 1. The second-order valence-corrected chi connectivity index (χ2v) is 9.18. The highest BCUT2D eigenvalue weighted by molar-refractivity contribution is 6.32. The maximum absolute atomic E-state index is 14.7. The van der Waals surface area contributed by atoms with Crippen molar-refractivity contribution in [2.75, 3.05) is 26.4 Å². The fraction of sp³-hybridized carbons (Fsp3) is 0.417. The van der Waals surface area contributed by atoms with E-state index in [1.54, 1.807) is 0 Å². The van der Waals surface area contributed by atoms with Crippen LogP contribution in [0.1, 0.15) is 17.5 Å². The van der Waals surface area contributed by atoms with Gasteiger partial charge in [0.25, 0.3) is 6.01 Å². The fourth-order valence-corrected chi connectivity index (χ4v) is 4.79. The molecule has 2 N–H and O–H groups in total. The van der Waals surface area contributed by atoms with Gasteiger partial charge in [-0.05, 0) is 35.8 Å². The Labute approximate surface area is 208 Å². The molecule has 0 aliphatic carbocycles. The van der Waals surface area contributed by atoms with E-state index in [2.05, 4.69) is 15.0 Å². The SMILES string of the molecule is O[C@@H]1COC2C1OC[C@H]2Oc1nc2nc(OCc3c(F)cc(C4=CCOCC4)cc3F)c(Cl)cc2[nH]1. The first-order chi connectivity index (χ1) is 17.5. The van der Waals surface area contributed by atoms with Crippen LogP contribution in [0.4, 0.5) is 8.78 Å². The standard InChI is InChI=1S/C24H22ClF2N3O6/c25-14-7-17-22(30-24(28-17)36-19-10-34-20-18(31)9-33-21(19)20)29-23(14)35-8-13-15(26)5-12(6-16(13)27)11-1-3-32-4-2-11/h1,5-7,18-21,31H,2-4,8-10H2,(H,28,29,30)/t18-,19-,20?,21?/m1/s1. The lowest BCUT2D eigenvalue weighted by atomic mass is 9.99. The summed E-state index contributed by atoms with van der Waals surface area (Å²) in [5.41, 5.74) is 1.82. The Morgan fingerprint density at radius 2 is 1.92 bits per heavy atom. The van der Waals surface area contributed by atoms with E-state index in [1.165, 1.54) is 18.2 Å². The van der Waals surface area contributed by atoms with Gasteiger partial charge in [-0.1, -0.05) is 17.7 Å². The van der Waals surface area contributed by atoms with Crippen LogP contribution in [-0.2, 0) is 20.8 Å². The van der Waals surface area contributed by atoms with Gasteiger partial charge in [-0.2, -0.15) is 9.97 Å². The van der Waals surface area contributed by atoms with Crippen molar-refractivity contribution in [2.45, 2.75) is 37.4 Å². The summed E-state index contributed by atoms with van der Waals surface area (Å²) in [6.07, 6.45) is 0.427. The summed E-state index contributed by atoms with van der Waals surface area (Å²) in [5, 5.41) is 10.0. The summed E-state index contributed by atoms with van der Waals surface area (Å²) >= 11 is 6.29. The molecule has 0 saturated carbocycles. The van der Waals surface area contributed by atoms with Crippen molar-refractivity contribution in [1.29, 1.82) is 0 Å². The van der Waals surface area contributed by atoms with E-state index in [9.17, 15) is 13.9 Å². The first-order valence-electron chi connectivity index (χ1n) is 11.5. The zero-order valence-corrected chi connectivity index (χ0v) is 19.6. The normalized spacial score (nSPS) is 25.7. The zero-order valence-electron chi connectivity index (χ0n) is 18.9. The van der Waals surface area contributed by atoms with E-state index in [-0.39, 0.29) is 41.3 Å². The maximum atomic E-state index is 14.7. The highest BCUT2D eigenvalue weighted by Crippen LogP contribution is 2.32. The lowest BCUT2D eigenvalue weighted by Gasteiger charge is -2.15. The molecule has 6 rings (SSSR count). The molecule has 9 nitrogen and oxygen atoms in total. The van der Waals surface area contributed by atoms with Gasteiger partial charge in [0.1, 0.15) is 41.6 Å². The van der Waals surface area contributed by atoms with Gasteiger partial charge < -0.3 is 33.8 Å². The quantitative estimate of drug-likeness (QED) is 0.509. The van der Waals surface area contributed by atoms with Gasteiger partial charge in [0.15, 0.2) is 11.8 Å². The van der Waals surface area contributed by atoms with Crippen molar-refractivity contribution >= 4 is 28.3 Å². The molecule has 12 heteroatoms. The highest BCUT2D eigenvalue weighted by Gasteiger charge is 2.48. The molecule has 3 aliphatic heterocycles. The minimum absolute atomic E-state index is 0.0243. The molecule has 1 aromatic carbocycles. The summed E-state index contributed by atoms with van der Waals surface area (Å²) in [4.78, 5) is 11.5. The topological polar surface area (TPSA) is 108 Å². The predicted octanol–water partition coefficient (Wildman–Crippen LogP) is 3.18. The zero-order chi connectivity index (χ0) is 24.8. The minimum atomic E-state index is -0.721. The number of H-pyrrole nitrogens is 1. The summed E-state index contributed by atoms with van der Waals surface area (Å²) in [6, 6.07) is 4.29. The molecule has 0 amide bonds. The largest absolute Gasteiger partial charge is 0.471 e. The van der Waals surface area contributed by atoms with Crippen LogP contribution in [0.5, 0.6) is 11.9 Å². The van der Waals surface area contributed by atoms with Crippen molar-refractivity contribution in [3.8, 4) is 11.9 Å². The number of nitrogens with one attached hydrogen (secondary N) is 1. The molecule has 2 fully saturated rings. The number of hydrogen-bond acceptors (Lipinski definition) is 8. The second kappa shape index (κ2) is 9.56. The summed E-state index contributed by atoms with van der Waals surface area (Å²) in [6.45, 7) is 0.951. The van der Waals surface area contributed by atoms with Crippen LogP contribution in [0.25, 0.3) is 16.7 Å². The van der Waals surface area contributed by atoms with E-state index in [1.807, 2.05) is 6.08 Å². The van der Waals surface area contributed by atoms with Gasteiger partial charge in [0.2, 0.25) is 5.88 Å². The average Bonchev–Trinajstić information content (AvgIpc) is 3.55. The molecule has 2 aromatic heterocycles. The number of imidazole rings is 1. The monoisotopic (exact) mass is 521 g/mol. The third-order valence-corrected chi connectivity index (χ3v) is 6.72. The van der Waals surface area contributed by atoms with Crippen LogP contribution in [0.15, 0.2) is 24.3 Å². The van der Waals surface area contributed by atoms with E-state index in [4.69, 9.17) is 35.3 Å². The predicted molar refractivity (Wildman–Crippen MR) is 123 cm³/mol. The number of nitrogens with zero attached hydrogens (tertiary/aromatic N) is 2. The first kappa shape index (κ1) is 23.6. The molecule has 0 spiro atoms. The Balaban J connectivity index is 1.17. The number of aromatic nitrogens is 3. The molecule has 36 heavy (non-hydrogen) atoms. The van der Waals surface area contributed by atoms with Gasteiger partial charge >= 0.3 is 0 Å². The number of aromatic amines is 1. The molecule has 4 atom stereocenters. The number of ether oxygens (including phenoxy) is 5. The van der Waals surface area contributed by atoms with Gasteiger partial charge in [0, 0.05) is 0 Å². The van der Waals surface area contributed by atoms with Crippen molar-refractivity contribution in [2.24, 2.45) is 0 Å². The number of halogens is 3. The van der Waals surface area contributed by atoms with Crippen LogP contribution in [0.3, 0.4) is 0 Å². The molecule has 0 radical (unpaired) electrons. The van der Waals surface area contributed by atoms with Crippen LogP contribution in [0.2, 0.25) is 5.02 Å². The Morgan fingerprint density at radius 3 is 2.69 bits per heavy atom. The molecule has 2 unspecified atom stereocenters. The van der Waals surface area contributed by atoms with Crippen LogP contribution >= 0.6 is 11.6 Å². The number of aliphatic hydroxyl groups excluding tert-OH is 1. The van der Waals surface area contributed by atoms with E-state index >= 15 is 0 Å². The number of fused-ring (bicyclic) bond motifs is 2. The Bertz CT molecular complexity index is 1310. The maximum Gasteiger partial charge on any atom is 0.296 e.